The van der Waals surface area contributed by atoms with Crippen LogP contribution in [-0.2, 0) is 6.42 Å². The van der Waals surface area contributed by atoms with Crippen LogP contribution in [0.4, 0.5) is 0 Å². The summed E-state index contributed by atoms with van der Waals surface area (Å²) in [5, 5.41) is 3.42. The fourth-order valence-electron chi connectivity index (χ4n) is 1.69. The van der Waals surface area contributed by atoms with Crippen molar-refractivity contribution in [3.8, 4) is 5.75 Å². The van der Waals surface area contributed by atoms with Gasteiger partial charge in [0, 0.05) is 5.54 Å². The van der Waals surface area contributed by atoms with Gasteiger partial charge in [0.25, 0.3) is 0 Å². The summed E-state index contributed by atoms with van der Waals surface area (Å²) in [5.74, 6) is 0.944. The lowest BCUT2D eigenvalue weighted by molar-refractivity contribution is 0.340. The Morgan fingerprint density at radius 3 is 2.39 bits per heavy atom. The van der Waals surface area contributed by atoms with Gasteiger partial charge in [-0.05, 0) is 64.4 Å². The van der Waals surface area contributed by atoms with Crippen molar-refractivity contribution in [1.29, 1.82) is 0 Å². The van der Waals surface area contributed by atoms with Gasteiger partial charge < -0.3 is 15.8 Å². The summed E-state index contributed by atoms with van der Waals surface area (Å²) in [6.45, 7) is 8.79. The predicted octanol–water partition coefficient (Wildman–Crippen LogP) is 2.34. The smallest absolute Gasteiger partial charge is 0.119 e. The van der Waals surface area contributed by atoms with Crippen LogP contribution in [0.2, 0.25) is 0 Å². The van der Waals surface area contributed by atoms with Gasteiger partial charge in [0.1, 0.15) is 5.75 Å². The molecule has 0 fully saturated rings. The van der Waals surface area contributed by atoms with Crippen LogP contribution < -0.4 is 15.8 Å². The van der Waals surface area contributed by atoms with Crippen molar-refractivity contribution < 1.29 is 4.74 Å². The SMILES string of the molecule is CCOc1ccc(CCNCCC(C)(C)N)cc1. The van der Waals surface area contributed by atoms with Crippen LogP contribution in [0, 0.1) is 0 Å². The molecule has 3 heteroatoms. The molecule has 3 N–H and O–H groups in total. The Morgan fingerprint density at radius 1 is 1.17 bits per heavy atom. The molecule has 0 amide bonds. The molecule has 18 heavy (non-hydrogen) atoms. The van der Waals surface area contributed by atoms with E-state index in [4.69, 9.17) is 10.5 Å². The summed E-state index contributed by atoms with van der Waals surface area (Å²) in [5.41, 5.74) is 7.17. The molecular weight excluding hydrogens is 224 g/mol. The molecule has 0 atom stereocenters. The molecule has 0 saturated heterocycles. The lowest BCUT2D eigenvalue weighted by Crippen LogP contribution is -2.36. The van der Waals surface area contributed by atoms with Gasteiger partial charge in [-0.3, -0.25) is 0 Å². The van der Waals surface area contributed by atoms with Crippen molar-refractivity contribution in [2.24, 2.45) is 5.73 Å². The van der Waals surface area contributed by atoms with Gasteiger partial charge in [0.15, 0.2) is 0 Å². The summed E-state index contributed by atoms with van der Waals surface area (Å²) < 4.78 is 5.41. The zero-order valence-electron chi connectivity index (χ0n) is 11.8. The molecule has 3 nitrogen and oxygen atoms in total. The zero-order valence-corrected chi connectivity index (χ0v) is 11.8. The number of hydrogen-bond acceptors (Lipinski definition) is 3. The van der Waals surface area contributed by atoms with Crippen molar-refractivity contribution in [3.05, 3.63) is 29.8 Å². The van der Waals surface area contributed by atoms with Crippen LogP contribution in [0.15, 0.2) is 24.3 Å². The summed E-state index contributed by atoms with van der Waals surface area (Å²) in [4.78, 5) is 0. The molecule has 0 saturated carbocycles. The van der Waals surface area contributed by atoms with Gasteiger partial charge in [-0.25, -0.2) is 0 Å². The van der Waals surface area contributed by atoms with E-state index in [-0.39, 0.29) is 5.54 Å². The highest BCUT2D eigenvalue weighted by molar-refractivity contribution is 5.27. The molecule has 0 aliphatic carbocycles. The Morgan fingerprint density at radius 2 is 1.83 bits per heavy atom. The van der Waals surface area contributed by atoms with E-state index in [1.165, 1.54) is 5.56 Å². The van der Waals surface area contributed by atoms with E-state index in [9.17, 15) is 0 Å². The van der Waals surface area contributed by atoms with E-state index in [0.29, 0.717) is 0 Å². The first-order valence-corrected chi connectivity index (χ1v) is 6.72. The number of benzene rings is 1. The molecule has 0 radical (unpaired) electrons. The van der Waals surface area contributed by atoms with Gasteiger partial charge in [-0.15, -0.1) is 0 Å². The molecule has 102 valence electrons. The monoisotopic (exact) mass is 250 g/mol. The Labute approximate surface area is 111 Å². The molecule has 1 aromatic carbocycles. The van der Waals surface area contributed by atoms with E-state index in [1.807, 2.05) is 19.1 Å². The average Bonchev–Trinajstić information content (AvgIpc) is 2.30. The second kappa shape index (κ2) is 7.39. The highest BCUT2D eigenvalue weighted by Gasteiger charge is 2.08. The number of ether oxygens (including phenoxy) is 1. The average molecular weight is 250 g/mol. The van der Waals surface area contributed by atoms with Crippen molar-refractivity contribution in [1.82, 2.24) is 5.32 Å². The molecule has 0 aromatic heterocycles. The first-order valence-electron chi connectivity index (χ1n) is 6.72. The highest BCUT2D eigenvalue weighted by Crippen LogP contribution is 2.12. The number of hydrogen-bond donors (Lipinski definition) is 2. The first-order chi connectivity index (χ1) is 8.51. The van der Waals surface area contributed by atoms with Crippen LogP contribution >= 0.6 is 0 Å². The van der Waals surface area contributed by atoms with Gasteiger partial charge in [-0.2, -0.15) is 0 Å². The van der Waals surface area contributed by atoms with E-state index >= 15 is 0 Å². The summed E-state index contributed by atoms with van der Waals surface area (Å²) in [6.07, 6.45) is 2.04. The molecule has 0 aliphatic rings. The zero-order chi connectivity index (χ0) is 13.4. The molecule has 1 rings (SSSR count). The summed E-state index contributed by atoms with van der Waals surface area (Å²) in [7, 11) is 0. The summed E-state index contributed by atoms with van der Waals surface area (Å²) >= 11 is 0. The minimum atomic E-state index is -0.0772. The third-order valence-electron chi connectivity index (χ3n) is 2.77. The second-order valence-corrected chi connectivity index (χ2v) is 5.32. The van der Waals surface area contributed by atoms with Crippen molar-refractivity contribution in [2.45, 2.75) is 39.2 Å². The third kappa shape index (κ3) is 6.62. The number of nitrogens with one attached hydrogen (secondary N) is 1. The number of nitrogens with two attached hydrogens (primary N) is 1. The van der Waals surface area contributed by atoms with E-state index in [2.05, 4.69) is 31.3 Å². The van der Waals surface area contributed by atoms with E-state index < -0.39 is 0 Å². The van der Waals surface area contributed by atoms with Crippen LogP contribution in [0.1, 0.15) is 32.8 Å². The third-order valence-corrected chi connectivity index (χ3v) is 2.77. The lowest BCUT2D eigenvalue weighted by atomic mass is 10.0. The van der Waals surface area contributed by atoms with Crippen LogP contribution in [0.3, 0.4) is 0 Å². The predicted molar refractivity (Wildman–Crippen MR) is 77.1 cm³/mol. The normalized spacial score (nSPS) is 11.6. The quantitative estimate of drug-likeness (QED) is 0.696. The Balaban J connectivity index is 2.19. The molecule has 0 heterocycles. The highest BCUT2D eigenvalue weighted by atomic mass is 16.5. The minimum absolute atomic E-state index is 0.0772. The van der Waals surface area contributed by atoms with Crippen molar-refractivity contribution in [3.63, 3.8) is 0 Å². The Bertz CT molecular complexity index is 327. The molecule has 1 aromatic rings. The van der Waals surface area contributed by atoms with Gasteiger partial charge >= 0.3 is 0 Å². The first kappa shape index (κ1) is 15.0. The minimum Gasteiger partial charge on any atom is -0.494 e. The van der Waals surface area contributed by atoms with Gasteiger partial charge in [0.2, 0.25) is 0 Å². The van der Waals surface area contributed by atoms with Gasteiger partial charge in [-0.1, -0.05) is 12.1 Å². The Kier molecular flexibility index (Phi) is 6.16. The Hall–Kier alpha value is -1.06. The van der Waals surface area contributed by atoms with Crippen LogP contribution in [0.5, 0.6) is 5.75 Å². The van der Waals surface area contributed by atoms with Crippen LogP contribution in [-0.4, -0.2) is 25.2 Å². The lowest BCUT2D eigenvalue weighted by Gasteiger charge is -2.18. The maximum Gasteiger partial charge on any atom is 0.119 e. The van der Waals surface area contributed by atoms with Crippen molar-refractivity contribution in [2.75, 3.05) is 19.7 Å². The maximum absolute atomic E-state index is 5.92. The molecule has 0 unspecified atom stereocenters. The van der Waals surface area contributed by atoms with Crippen molar-refractivity contribution >= 4 is 0 Å². The molecule has 0 aliphatic heterocycles. The fraction of sp³-hybridized carbons (Fsp3) is 0.600. The molecular formula is C15H26N2O. The van der Waals surface area contributed by atoms with Gasteiger partial charge in [0.05, 0.1) is 6.61 Å². The largest absolute Gasteiger partial charge is 0.494 e. The topological polar surface area (TPSA) is 47.3 Å². The standard InChI is InChI=1S/C15H26N2O/c1-4-18-14-7-5-13(6-8-14)9-11-17-12-10-15(2,3)16/h5-8,17H,4,9-12,16H2,1-3H3. The summed E-state index contributed by atoms with van der Waals surface area (Å²) in [6, 6.07) is 8.31. The molecule has 0 spiro atoms. The fourth-order valence-corrected chi connectivity index (χ4v) is 1.69. The second-order valence-electron chi connectivity index (χ2n) is 5.32. The number of rotatable bonds is 8. The van der Waals surface area contributed by atoms with E-state index in [1.54, 1.807) is 0 Å². The van der Waals surface area contributed by atoms with E-state index in [0.717, 1.165) is 38.3 Å². The van der Waals surface area contributed by atoms with Crippen LogP contribution in [0.25, 0.3) is 0 Å². The maximum atomic E-state index is 5.92. The molecule has 0 bridgehead atoms.